The van der Waals surface area contributed by atoms with Gasteiger partial charge in [0.05, 0.1) is 19.3 Å². The maximum Gasteiger partial charge on any atom is 0.227 e. The van der Waals surface area contributed by atoms with Crippen molar-refractivity contribution in [1.29, 1.82) is 0 Å². The molecule has 0 saturated carbocycles. The number of ether oxygens (including phenoxy) is 1. The lowest BCUT2D eigenvalue weighted by molar-refractivity contribution is 0.122. The number of aromatic nitrogens is 3. The Morgan fingerprint density at radius 1 is 1.11 bits per heavy atom. The lowest BCUT2D eigenvalue weighted by Crippen LogP contribution is -2.38. The van der Waals surface area contributed by atoms with E-state index in [-0.39, 0.29) is 12.0 Å². The third kappa shape index (κ3) is 4.20. The minimum Gasteiger partial charge on any atom is -0.391 e. The van der Waals surface area contributed by atoms with Crippen LogP contribution in [0.1, 0.15) is 18.2 Å². The number of morpholine rings is 1. The molecule has 2 saturated heterocycles. The van der Waals surface area contributed by atoms with Gasteiger partial charge in [-0.2, -0.15) is 4.98 Å². The smallest absolute Gasteiger partial charge is 0.227 e. The molecule has 27 heavy (non-hydrogen) atoms. The van der Waals surface area contributed by atoms with Crippen molar-refractivity contribution < 1.29 is 9.84 Å². The Bertz CT molecular complexity index is 751. The maximum atomic E-state index is 10.6. The van der Waals surface area contributed by atoms with Crippen LogP contribution in [0.5, 0.6) is 0 Å². The van der Waals surface area contributed by atoms with E-state index in [0.29, 0.717) is 19.8 Å². The van der Waals surface area contributed by atoms with Gasteiger partial charge in [0.15, 0.2) is 0 Å². The van der Waals surface area contributed by atoms with Gasteiger partial charge >= 0.3 is 0 Å². The van der Waals surface area contributed by atoms with Gasteiger partial charge in [-0.05, 0) is 30.5 Å². The molecular weight excluding hydrogens is 342 g/mol. The number of pyridine rings is 1. The molecule has 2 aliphatic heterocycles. The molecule has 7 nitrogen and oxygen atoms in total. The van der Waals surface area contributed by atoms with Crippen LogP contribution in [0.4, 0.5) is 11.8 Å². The molecular formula is C20H27N5O2. The number of anilines is 2. The largest absolute Gasteiger partial charge is 0.391 e. The molecule has 144 valence electrons. The lowest BCUT2D eigenvalue weighted by Gasteiger charge is -2.28. The first-order valence-corrected chi connectivity index (χ1v) is 9.75. The summed E-state index contributed by atoms with van der Waals surface area (Å²) in [7, 11) is 0. The predicted octanol–water partition coefficient (Wildman–Crippen LogP) is 1.31. The minimum atomic E-state index is -0.356. The first kappa shape index (κ1) is 18.1. The predicted molar refractivity (Wildman–Crippen MR) is 104 cm³/mol. The van der Waals surface area contributed by atoms with Crippen molar-refractivity contribution in [2.24, 2.45) is 5.92 Å². The summed E-state index contributed by atoms with van der Waals surface area (Å²) in [5.41, 5.74) is 2.25. The van der Waals surface area contributed by atoms with E-state index in [1.165, 1.54) is 5.56 Å². The third-order valence-electron chi connectivity index (χ3n) is 5.39. The standard InChI is InChI=1S/C20H27N5O2/c1-2-17-12-19(23-20(22-17)24-7-9-27-10-8-24)25-13-16(18(26)14-25)11-15-3-5-21-6-4-15/h3-6,12,16,18,26H,2,7-11,13-14H2,1H3. The second-order valence-electron chi connectivity index (χ2n) is 7.26. The minimum absolute atomic E-state index is 0.194. The van der Waals surface area contributed by atoms with E-state index in [1.807, 2.05) is 12.1 Å². The normalized spacial score (nSPS) is 23.0. The molecule has 4 rings (SSSR count). The monoisotopic (exact) mass is 369 g/mol. The van der Waals surface area contributed by atoms with Crippen molar-refractivity contribution in [1.82, 2.24) is 15.0 Å². The van der Waals surface area contributed by atoms with E-state index in [1.54, 1.807) is 12.4 Å². The molecule has 2 atom stereocenters. The second-order valence-corrected chi connectivity index (χ2v) is 7.26. The maximum absolute atomic E-state index is 10.6. The van der Waals surface area contributed by atoms with Gasteiger partial charge in [0.1, 0.15) is 5.82 Å². The van der Waals surface area contributed by atoms with Gasteiger partial charge in [0.25, 0.3) is 0 Å². The summed E-state index contributed by atoms with van der Waals surface area (Å²) in [6.45, 7) is 6.59. The number of β-amino-alcohol motifs (C(OH)–C–C–N with tert-alkyl or cyclic N) is 1. The van der Waals surface area contributed by atoms with Crippen molar-refractivity contribution in [2.45, 2.75) is 25.9 Å². The van der Waals surface area contributed by atoms with Crippen LogP contribution in [-0.2, 0) is 17.6 Å². The summed E-state index contributed by atoms with van der Waals surface area (Å²) in [5, 5.41) is 10.6. The van der Waals surface area contributed by atoms with Crippen molar-refractivity contribution in [2.75, 3.05) is 49.2 Å². The van der Waals surface area contributed by atoms with Gasteiger partial charge in [-0.1, -0.05) is 6.92 Å². The Kier molecular flexibility index (Phi) is 5.50. The Morgan fingerprint density at radius 3 is 2.63 bits per heavy atom. The number of hydrogen-bond donors (Lipinski definition) is 1. The number of hydrogen-bond acceptors (Lipinski definition) is 7. The highest BCUT2D eigenvalue weighted by Crippen LogP contribution is 2.27. The number of aryl methyl sites for hydroxylation is 1. The molecule has 2 fully saturated rings. The molecule has 2 aliphatic rings. The summed E-state index contributed by atoms with van der Waals surface area (Å²) in [4.78, 5) is 18.0. The van der Waals surface area contributed by atoms with Crippen LogP contribution in [0.25, 0.3) is 0 Å². The second kappa shape index (κ2) is 8.19. The Balaban J connectivity index is 1.52. The molecule has 7 heteroatoms. The topological polar surface area (TPSA) is 74.6 Å². The number of rotatable bonds is 5. The van der Waals surface area contributed by atoms with Gasteiger partial charge < -0.3 is 19.6 Å². The van der Waals surface area contributed by atoms with E-state index in [9.17, 15) is 5.11 Å². The van der Waals surface area contributed by atoms with E-state index >= 15 is 0 Å². The molecule has 4 heterocycles. The van der Waals surface area contributed by atoms with Crippen LogP contribution in [0.2, 0.25) is 0 Å². The fourth-order valence-corrected chi connectivity index (χ4v) is 3.78. The average molecular weight is 369 g/mol. The van der Waals surface area contributed by atoms with Crippen molar-refractivity contribution in [3.05, 3.63) is 41.9 Å². The van der Waals surface area contributed by atoms with Gasteiger partial charge in [-0.3, -0.25) is 4.98 Å². The highest BCUT2D eigenvalue weighted by Gasteiger charge is 2.32. The summed E-state index contributed by atoms with van der Waals surface area (Å²) in [6, 6.07) is 6.10. The zero-order valence-electron chi connectivity index (χ0n) is 15.8. The summed E-state index contributed by atoms with van der Waals surface area (Å²) >= 11 is 0. The number of aliphatic hydroxyl groups is 1. The molecule has 0 spiro atoms. The van der Waals surface area contributed by atoms with Crippen LogP contribution >= 0.6 is 0 Å². The SMILES string of the molecule is CCc1cc(N2CC(O)C(Cc3ccncc3)C2)nc(N2CCOCC2)n1. The number of nitrogens with zero attached hydrogens (tertiary/aromatic N) is 5. The van der Waals surface area contributed by atoms with Gasteiger partial charge in [0, 0.05) is 56.3 Å². The first-order chi connectivity index (χ1) is 13.2. The first-order valence-electron chi connectivity index (χ1n) is 9.75. The molecule has 0 bridgehead atoms. The van der Waals surface area contributed by atoms with Crippen LogP contribution in [0.3, 0.4) is 0 Å². The quantitative estimate of drug-likeness (QED) is 0.852. The Morgan fingerprint density at radius 2 is 1.89 bits per heavy atom. The van der Waals surface area contributed by atoms with Crippen molar-refractivity contribution in [3.8, 4) is 0 Å². The Hall–Kier alpha value is -2.25. The summed E-state index contributed by atoms with van der Waals surface area (Å²) in [5.74, 6) is 1.89. The van der Waals surface area contributed by atoms with Crippen LogP contribution in [0, 0.1) is 5.92 Å². The van der Waals surface area contributed by atoms with Gasteiger partial charge in [0.2, 0.25) is 5.95 Å². The van der Waals surface area contributed by atoms with Gasteiger partial charge in [-0.15, -0.1) is 0 Å². The Labute approximate surface area is 160 Å². The molecule has 2 aromatic rings. The van der Waals surface area contributed by atoms with E-state index in [2.05, 4.69) is 27.8 Å². The number of aliphatic hydroxyl groups excluding tert-OH is 1. The van der Waals surface area contributed by atoms with E-state index in [4.69, 9.17) is 14.7 Å². The van der Waals surface area contributed by atoms with Crippen molar-refractivity contribution in [3.63, 3.8) is 0 Å². The van der Waals surface area contributed by atoms with Crippen LogP contribution < -0.4 is 9.80 Å². The molecule has 0 aliphatic carbocycles. The lowest BCUT2D eigenvalue weighted by atomic mass is 9.97. The van der Waals surface area contributed by atoms with Crippen molar-refractivity contribution >= 4 is 11.8 Å². The average Bonchev–Trinajstić information content (AvgIpc) is 3.09. The highest BCUT2D eigenvalue weighted by molar-refractivity contribution is 5.47. The highest BCUT2D eigenvalue weighted by atomic mass is 16.5. The fourth-order valence-electron chi connectivity index (χ4n) is 3.78. The zero-order valence-corrected chi connectivity index (χ0v) is 15.8. The molecule has 0 amide bonds. The molecule has 0 aromatic carbocycles. The molecule has 2 aromatic heterocycles. The molecule has 0 radical (unpaired) electrons. The third-order valence-corrected chi connectivity index (χ3v) is 5.39. The molecule has 2 unspecified atom stereocenters. The van der Waals surface area contributed by atoms with Gasteiger partial charge in [-0.25, -0.2) is 4.98 Å². The molecule has 1 N–H and O–H groups in total. The van der Waals surface area contributed by atoms with Crippen LogP contribution in [-0.4, -0.2) is 65.6 Å². The van der Waals surface area contributed by atoms with E-state index in [0.717, 1.165) is 49.9 Å². The fraction of sp³-hybridized carbons (Fsp3) is 0.550. The summed E-state index contributed by atoms with van der Waals surface area (Å²) in [6.07, 6.45) is 4.97. The zero-order chi connectivity index (χ0) is 18.6. The summed E-state index contributed by atoms with van der Waals surface area (Å²) < 4.78 is 5.45. The van der Waals surface area contributed by atoms with Crippen LogP contribution in [0.15, 0.2) is 30.6 Å². The van der Waals surface area contributed by atoms with E-state index < -0.39 is 0 Å².